The molecule has 1 aromatic rings. The highest BCUT2D eigenvalue weighted by molar-refractivity contribution is 7.72. The van der Waals surface area contributed by atoms with Crippen molar-refractivity contribution < 1.29 is 8.42 Å². The Morgan fingerprint density at radius 2 is 2.08 bits per heavy atom. The van der Waals surface area contributed by atoms with Crippen LogP contribution in [0, 0.1) is 0 Å². The van der Waals surface area contributed by atoms with Gasteiger partial charge in [-0.15, -0.1) is 0 Å². The van der Waals surface area contributed by atoms with Crippen LogP contribution in [0.15, 0.2) is 18.7 Å². The third-order valence-corrected chi connectivity index (χ3v) is 2.50. The lowest BCUT2D eigenvalue weighted by molar-refractivity contribution is 0.588. The zero-order valence-electron chi connectivity index (χ0n) is 7.43. The standard InChI is InChI=1S/C8H14N2O2S/c11-13(12)7-3-1-2-5-10-6-4-9-8-10/h4,6,8,13H,1-3,5,7H2. The van der Waals surface area contributed by atoms with E-state index in [0.29, 0.717) is 5.75 Å². The smallest absolute Gasteiger partial charge is 0.140 e. The summed E-state index contributed by atoms with van der Waals surface area (Å²) in [5.74, 6) is 0.319. The van der Waals surface area contributed by atoms with E-state index in [2.05, 4.69) is 4.98 Å². The van der Waals surface area contributed by atoms with Crippen molar-refractivity contribution >= 4 is 10.7 Å². The summed E-state index contributed by atoms with van der Waals surface area (Å²) in [7, 11) is -2.18. The first-order chi connectivity index (χ1) is 6.29. The summed E-state index contributed by atoms with van der Waals surface area (Å²) in [6.45, 7) is 0.926. The fourth-order valence-electron chi connectivity index (χ4n) is 1.13. The van der Waals surface area contributed by atoms with Crippen molar-refractivity contribution in [2.75, 3.05) is 5.75 Å². The lowest BCUT2D eigenvalue weighted by Gasteiger charge is -1.99. The van der Waals surface area contributed by atoms with Crippen molar-refractivity contribution in [2.45, 2.75) is 25.8 Å². The molecule has 0 bridgehead atoms. The number of hydrogen-bond donors (Lipinski definition) is 1. The maximum absolute atomic E-state index is 10.2. The van der Waals surface area contributed by atoms with Gasteiger partial charge in [-0.25, -0.2) is 13.4 Å². The molecule has 0 atom stereocenters. The lowest BCUT2D eigenvalue weighted by atomic mass is 10.2. The molecule has 0 amide bonds. The minimum atomic E-state index is -2.18. The third-order valence-electron chi connectivity index (χ3n) is 1.82. The van der Waals surface area contributed by atoms with Crippen molar-refractivity contribution in [3.8, 4) is 0 Å². The molecule has 5 heteroatoms. The molecule has 0 spiro atoms. The highest BCUT2D eigenvalue weighted by atomic mass is 32.2. The molecule has 0 saturated heterocycles. The van der Waals surface area contributed by atoms with Crippen molar-refractivity contribution in [3.05, 3.63) is 18.7 Å². The van der Waals surface area contributed by atoms with Crippen LogP contribution in [0.5, 0.6) is 0 Å². The van der Waals surface area contributed by atoms with Gasteiger partial charge in [-0.2, -0.15) is 0 Å². The second kappa shape index (κ2) is 5.75. The molecule has 1 heterocycles. The Labute approximate surface area is 79.6 Å². The molecule has 1 aromatic heterocycles. The molecule has 74 valence electrons. The Balaban J connectivity index is 2.02. The fraction of sp³-hybridized carbons (Fsp3) is 0.625. The fourth-order valence-corrected chi connectivity index (χ4v) is 1.61. The van der Waals surface area contributed by atoms with E-state index in [-0.39, 0.29) is 0 Å². The molecule has 0 aliphatic rings. The lowest BCUT2D eigenvalue weighted by Crippen LogP contribution is -1.95. The molecule has 1 rings (SSSR count). The van der Waals surface area contributed by atoms with Crippen LogP contribution in [0.3, 0.4) is 0 Å². The SMILES string of the molecule is O=[SH](=O)CCCCCn1ccnc1. The van der Waals surface area contributed by atoms with E-state index in [1.54, 1.807) is 12.5 Å². The van der Waals surface area contributed by atoms with Gasteiger partial charge in [-0.1, -0.05) is 6.42 Å². The number of thiol groups is 1. The molecule has 0 aliphatic heterocycles. The first kappa shape index (κ1) is 10.2. The molecular weight excluding hydrogens is 188 g/mol. The Bertz CT molecular complexity index is 285. The normalized spacial score (nSPS) is 10.8. The third kappa shape index (κ3) is 4.67. The van der Waals surface area contributed by atoms with E-state index in [4.69, 9.17) is 0 Å². The summed E-state index contributed by atoms with van der Waals surface area (Å²) >= 11 is 0. The van der Waals surface area contributed by atoms with E-state index in [0.717, 1.165) is 25.8 Å². The topological polar surface area (TPSA) is 52.0 Å². The quantitative estimate of drug-likeness (QED) is 0.545. The summed E-state index contributed by atoms with van der Waals surface area (Å²) < 4.78 is 22.4. The summed E-state index contributed by atoms with van der Waals surface area (Å²) in [5.41, 5.74) is 0. The van der Waals surface area contributed by atoms with Gasteiger partial charge in [0, 0.05) is 24.7 Å². The molecule has 0 fully saturated rings. The highest BCUT2D eigenvalue weighted by Gasteiger charge is 1.92. The summed E-state index contributed by atoms with van der Waals surface area (Å²) in [6, 6.07) is 0. The number of imidazole rings is 1. The first-order valence-corrected chi connectivity index (χ1v) is 5.73. The van der Waals surface area contributed by atoms with Gasteiger partial charge in [-0.05, 0) is 12.8 Å². The van der Waals surface area contributed by atoms with E-state index in [1.165, 1.54) is 0 Å². The Morgan fingerprint density at radius 1 is 1.23 bits per heavy atom. The number of aryl methyl sites for hydroxylation is 1. The zero-order valence-corrected chi connectivity index (χ0v) is 8.32. The molecule has 0 aromatic carbocycles. The molecule has 0 saturated carbocycles. The van der Waals surface area contributed by atoms with Crippen LogP contribution in [0.1, 0.15) is 19.3 Å². The van der Waals surface area contributed by atoms with E-state index < -0.39 is 10.7 Å². The van der Waals surface area contributed by atoms with Gasteiger partial charge in [-0.3, -0.25) is 0 Å². The van der Waals surface area contributed by atoms with Crippen molar-refractivity contribution in [1.82, 2.24) is 9.55 Å². The highest BCUT2D eigenvalue weighted by Crippen LogP contribution is 1.98. The average molecular weight is 202 g/mol. The molecule has 0 unspecified atom stereocenters. The second-order valence-electron chi connectivity index (χ2n) is 2.92. The molecule has 0 aliphatic carbocycles. The van der Waals surface area contributed by atoms with Crippen LogP contribution in [0.4, 0.5) is 0 Å². The molecular formula is C8H14N2O2S. The second-order valence-corrected chi connectivity index (χ2v) is 4.03. The first-order valence-electron chi connectivity index (χ1n) is 4.36. The predicted molar refractivity (Wildman–Crippen MR) is 51.3 cm³/mol. The van der Waals surface area contributed by atoms with Crippen LogP contribution in [0.2, 0.25) is 0 Å². The summed E-state index contributed by atoms with van der Waals surface area (Å²) in [5, 5.41) is 0. The van der Waals surface area contributed by atoms with Gasteiger partial charge in [0.2, 0.25) is 0 Å². The van der Waals surface area contributed by atoms with Crippen molar-refractivity contribution in [3.63, 3.8) is 0 Å². The maximum Gasteiger partial charge on any atom is 0.140 e. The van der Waals surface area contributed by atoms with Crippen molar-refractivity contribution in [2.24, 2.45) is 0 Å². The number of hydrogen-bond acceptors (Lipinski definition) is 3. The van der Waals surface area contributed by atoms with Crippen molar-refractivity contribution in [1.29, 1.82) is 0 Å². The minimum Gasteiger partial charge on any atom is -0.337 e. The molecule has 13 heavy (non-hydrogen) atoms. The van der Waals surface area contributed by atoms with E-state index in [9.17, 15) is 8.42 Å². The van der Waals surface area contributed by atoms with Gasteiger partial charge < -0.3 is 4.57 Å². The molecule has 4 nitrogen and oxygen atoms in total. The van der Waals surface area contributed by atoms with E-state index >= 15 is 0 Å². The van der Waals surface area contributed by atoms with Gasteiger partial charge in [0.15, 0.2) is 0 Å². The van der Waals surface area contributed by atoms with Crippen LogP contribution >= 0.6 is 0 Å². The van der Waals surface area contributed by atoms with E-state index in [1.807, 2.05) is 10.8 Å². The van der Waals surface area contributed by atoms with Gasteiger partial charge >= 0.3 is 0 Å². The Kier molecular flexibility index (Phi) is 4.53. The number of nitrogens with zero attached hydrogens (tertiary/aromatic N) is 2. The monoisotopic (exact) mass is 202 g/mol. The summed E-state index contributed by atoms with van der Waals surface area (Å²) in [4.78, 5) is 3.92. The largest absolute Gasteiger partial charge is 0.337 e. The zero-order chi connectivity index (χ0) is 9.52. The number of unbranched alkanes of at least 4 members (excludes halogenated alkanes) is 2. The minimum absolute atomic E-state index is 0.319. The van der Waals surface area contributed by atoms with Gasteiger partial charge in [0.25, 0.3) is 0 Å². The van der Waals surface area contributed by atoms with Crippen LogP contribution in [-0.2, 0) is 17.2 Å². The molecule has 0 radical (unpaired) electrons. The molecule has 0 N–H and O–H groups in total. The van der Waals surface area contributed by atoms with Gasteiger partial charge in [0.1, 0.15) is 10.7 Å². The number of aromatic nitrogens is 2. The summed E-state index contributed by atoms with van der Waals surface area (Å²) in [6.07, 6.45) is 8.17. The van der Waals surface area contributed by atoms with Crippen LogP contribution in [-0.4, -0.2) is 23.7 Å². The van der Waals surface area contributed by atoms with Crippen LogP contribution in [0.25, 0.3) is 0 Å². The maximum atomic E-state index is 10.2. The average Bonchev–Trinajstić information content (AvgIpc) is 2.55. The Morgan fingerprint density at radius 3 is 2.69 bits per heavy atom. The van der Waals surface area contributed by atoms with Crippen LogP contribution < -0.4 is 0 Å². The number of rotatable bonds is 6. The Hall–Kier alpha value is -0.840. The van der Waals surface area contributed by atoms with Gasteiger partial charge in [0.05, 0.1) is 6.33 Å². The predicted octanol–water partition coefficient (Wildman–Crippen LogP) is 0.665.